The lowest BCUT2D eigenvalue weighted by atomic mass is 10.2. The second kappa shape index (κ2) is 12.1. The van der Waals surface area contributed by atoms with Gasteiger partial charge < -0.3 is 8.85 Å². The van der Waals surface area contributed by atoms with Crippen molar-refractivity contribution in [2.75, 3.05) is 0 Å². The summed E-state index contributed by atoms with van der Waals surface area (Å²) in [6.45, 7) is 8.91. The first-order chi connectivity index (χ1) is 10.7. The third-order valence-corrected chi connectivity index (χ3v) is 7.01. The molecule has 0 saturated carbocycles. The summed E-state index contributed by atoms with van der Waals surface area (Å²) in [6.07, 6.45) is 8.01. The van der Waals surface area contributed by atoms with Gasteiger partial charge in [-0.3, -0.25) is 0 Å². The van der Waals surface area contributed by atoms with Crippen LogP contribution in [0.1, 0.15) is 66.2 Å². The summed E-state index contributed by atoms with van der Waals surface area (Å²) in [6, 6.07) is 9.05. The van der Waals surface area contributed by atoms with Crippen LogP contribution < -0.4 is 10.4 Å². The van der Waals surface area contributed by atoms with E-state index in [9.17, 15) is 0 Å². The topological polar surface area (TPSA) is 18.5 Å². The van der Waals surface area contributed by atoms with Gasteiger partial charge in [-0.05, 0) is 36.1 Å². The van der Waals surface area contributed by atoms with E-state index < -0.39 is 19.5 Å². The molecule has 2 unspecified atom stereocenters. The normalized spacial score (nSPS) is 15.1. The van der Waals surface area contributed by atoms with Crippen LogP contribution in [0.5, 0.6) is 0 Å². The first-order valence-corrected chi connectivity index (χ1v) is 11.6. The van der Waals surface area contributed by atoms with Crippen LogP contribution in [0.25, 0.3) is 0 Å². The standard InChI is InChI=1S/C18H34O2Si2/c1-5-9-15(7-3)19-21-17-11-13-18(14-12-17)22-20-16(8-4)10-6-2/h11-16H,5-10,21-22H2,1-4H3. The highest BCUT2D eigenvalue weighted by molar-refractivity contribution is 6.49. The highest BCUT2D eigenvalue weighted by Crippen LogP contribution is 2.06. The molecule has 0 aromatic heterocycles. The third kappa shape index (κ3) is 7.72. The first kappa shape index (κ1) is 19.6. The lowest BCUT2D eigenvalue weighted by molar-refractivity contribution is 0.198. The summed E-state index contributed by atoms with van der Waals surface area (Å²) >= 11 is 0. The molecule has 0 aliphatic carbocycles. The molecule has 0 fully saturated rings. The van der Waals surface area contributed by atoms with Gasteiger partial charge in [0, 0.05) is 12.2 Å². The minimum Gasteiger partial charge on any atom is -0.416 e. The van der Waals surface area contributed by atoms with Crippen LogP contribution >= 0.6 is 0 Å². The van der Waals surface area contributed by atoms with Crippen molar-refractivity contribution in [2.45, 2.75) is 78.4 Å². The number of benzene rings is 1. The van der Waals surface area contributed by atoms with Crippen molar-refractivity contribution in [3.8, 4) is 0 Å². The minimum absolute atomic E-state index is 0.466. The van der Waals surface area contributed by atoms with Gasteiger partial charge in [0.25, 0.3) is 0 Å². The number of hydrogen-bond acceptors (Lipinski definition) is 2. The Balaban J connectivity index is 2.39. The van der Waals surface area contributed by atoms with Crippen molar-refractivity contribution >= 4 is 29.9 Å². The monoisotopic (exact) mass is 338 g/mol. The van der Waals surface area contributed by atoms with Gasteiger partial charge in [-0.15, -0.1) is 0 Å². The summed E-state index contributed by atoms with van der Waals surface area (Å²) in [7, 11) is -1.15. The molecule has 0 amide bonds. The molecule has 22 heavy (non-hydrogen) atoms. The molecule has 0 radical (unpaired) electrons. The zero-order valence-electron chi connectivity index (χ0n) is 14.9. The average molecular weight is 339 g/mol. The fourth-order valence-corrected chi connectivity index (χ4v) is 5.13. The van der Waals surface area contributed by atoms with Crippen LogP contribution in [-0.4, -0.2) is 31.7 Å². The van der Waals surface area contributed by atoms with Gasteiger partial charge in [0.2, 0.25) is 0 Å². The van der Waals surface area contributed by atoms with Crippen LogP contribution in [0.2, 0.25) is 0 Å². The molecule has 0 aliphatic rings. The van der Waals surface area contributed by atoms with E-state index in [-0.39, 0.29) is 0 Å². The first-order valence-electron chi connectivity index (χ1n) is 9.04. The summed E-state index contributed by atoms with van der Waals surface area (Å²) in [5.74, 6) is 0. The van der Waals surface area contributed by atoms with E-state index >= 15 is 0 Å². The Kier molecular flexibility index (Phi) is 10.7. The quantitative estimate of drug-likeness (QED) is 0.545. The Bertz CT molecular complexity index is 344. The van der Waals surface area contributed by atoms with E-state index in [2.05, 4.69) is 52.0 Å². The van der Waals surface area contributed by atoms with Crippen LogP contribution in [0.4, 0.5) is 0 Å². The van der Waals surface area contributed by atoms with Crippen molar-refractivity contribution in [3.05, 3.63) is 24.3 Å². The molecule has 0 N–H and O–H groups in total. The highest BCUT2D eigenvalue weighted by atomic mass is 28.2. The maximum Gasteiger partial charge on any atom is 0.192 e. The largest absolute Gasteiger partial charge is 0.416 e. The molecule has 2 atom stereocenters. The zero-order valence-corrected chi connectivity index (χ0v) is 17.8. The highest BCUT2D eigenvalue weighted by Gasteiger charge is 2.07. The minimum atomic E-state index is -0.574. The Morgan fingerprint density at radius 3 is 1.36 bits per heavy atom. The maximum atomic E-state index is 6.12. The summed E-state index contributed by atoms with van der Waals surface area (Å²) in [5.41, 5.74) is 0. The second-order valence-corrected chi connectivity index (χ2v) is 8.95. The second-order valence-electron chi connectivity index (χ2n) is 6.08. The van der Waals surface area contributed by atoms with Crippen LogP contribution in [0, 0.1) is 0 Å². The van der Waals surface area contributed by atoms with E-state index in [1.807, 2.05) is 0 Å². The number of hydrogen-bond donors (Lipinski definition) is 0. The molecule has 0 bridgehead atoms. The van der Waals surface area contributed by atoms with Crippen LogP contribution in [0.3, 0.4) is 0 Å². The van der Waals surface area contributed by atoms with Crippen LogP contribution in [0.15, 0.2) is 24.3 Å². The maximum absolute atomic E-state index is 6.12. The summed E-state index contributed by atoms with van der Waals surface area (Å²) < 4.78 is 12.2. The Morgan fingerprint density at radius 2 is 1.09 bits per heavy atom. The third-order valence-electron chi connectivity index (χ3n) is 4.13. The molecule has 1 rings (SSSR count). The summed E-state index contributed by atoms with van der Waals surface area (Å²) in [4.78, 5) is 0. The van der Waals surface area contributed by atoms with Gasteiger partial charge in [-0.2, -0.15) is 0 Å². The van der Waals surface area contributed by atoms with Gasteiger partial charge in [-0.1, -0.05) is 64.8 Å². The van der Waals surface area contributed by atoms with Gasteiger partial charge in [0.05, 0.1) is 0 Å². The molecular formula is C18H34O2Si2. The molecule has 1 aromatic carbocycles. The molecule has 4 heteroatoms. The van der Waals surface area contributed by atoms with E-state index in [0.29, 0.717) is 12.2 Å². The van der Waals surface area contributed by atoms with Crippen molar-refractivity contribution < 1.29 is 8.85 Å². The fraction of sp³-hybridized carbons (Fsp3) is 0.667. The van der Waals surface area contributed by atoms with Crippen molar-refractivity contribution in [1.82, 2.24) is 0 Å². The SMILES string of the molecule is CCCC(CC)O[SiH2]c1ccc([SiH2]OC(CC)CCC)cc1. The predicted molar refractivity (Wildman–Crippen MR) is 103 cm³/mol. The lowest BCUT2D eigenvalue weighted by Gasteiger charge is -2.16. The van der Waals surface area contributed by atoms with Crippen molar-refractivity contribution in [1.29, 1.82) is 0 Å². The Labute approximate surface area is 141 Å². The summed E-state index contributed by atoms with van der Waals surface area (Å²) in [5, 5.41) is 2.82. The smallest absolute Gasteiger partial charge is 0.192 e. The molecule has 0 saturated heterocycles. The zero-order chi connectivity index (χ0) is 16.2. The van der Waals surface area contributed by atoms with Gasteiger partial charge in [-0.25, -0.2) is 0 Å². The molecule has 0 heterocycles. The predicted octanol–water partition coefficient (Wildman–Crippen LogP) is 2.30. The molecule has 0 spiro atoms. The van der Waals surface area contributed by atoms with Gasteiger partial charge in [0.15, 0.2) is 19.5 Å². The van der Waals surface area contributed by atoms with E-state index in [1.54, 1.807) is 0 Å². The Morgan fingerprint density at radius 1 is 0.727 bits per heavy atom. The molecule has 1 aromatic rings. The fourth-order valence-electron chi connectivity index (χ4n) is 2.61. The average Bonchev–Trinajstić information content (AvgIpc) is 2.56. The van der Waals surface area contributed by atoms with E-state index in [4.69, 9.17) is 8.85 Å². The van der Waals surface area contributed by atoms with Gasteiger partial charge in [0.1, 0.15) is 0 Å². The van der Waals surface area contributed by atoms with Gasteiger partial charge >= 0.3 is 0 Å². The Hall–Kier alpha value is -0.426. The van der Waals surface area contributed by atoms with E-state index in [1.165, 1.54) is 36.1 Å². The van der Waals surface area contributed by atoms with Crippen LogP contribution in [-0.2, 0) is 8.85 Å². The number of rotatable bonds is 12. The lowest BCUT2D eigenvalue weighted by Crippen LogP contribution is -2.28. The molecule has 126 valence electrons. The molecular weight excluding hydrogens is 304 g/mol. The van der Waals surface area contributed by atoms with E-state index in [0.717, 1.165) is 12.8 Å². The van der Waals surface area contributed by atoms with Crippen molar-refractivity contribution in [2.24, 2.45) is 0 Å². The van der Waals surface area contributed by atoms with Crippen molar-refractivity contribution in [3.63, 3.8) is 0 Å². The molecule has 0 aliphatic heterocycles. The molecule has 2 nitrogen and oxygen atoms in total.